The van der Waals surface area contributed by atoms with Crippen molar-refractivity contribution in [1.29, 1.82) is 0 Å². The molecule has 16 heavy (non-hydrogen) atoms. The first-order valence-electron chi connectivity index (χ1n) is 5.16. The second-order valence-corrected chi connectivity index (χ2v) is 3.67. The minimum absolute atomic E-state index is 0.0119. The number of hydrogen-bond donors (Lipinski definition) is 1. The van der Waals surface area contributed by atoms with Gasteiger partial charge in [-0.3, -0.25) is 4.79 Å². The number of rotatable bonds is 2. The molecular weight excluding hydrogens is 200 g/mol. The van der Waals surface area contributed by atoms with Crippen LogP contribution in [0.5, 0.6) is 0 Å². The van der Waals surface area contributed by atoms with Crippen molar-refractivity contribution in [2.24, 2.45) is 7.05 Å². The van der Waals surface area contributed by atoms with Crippen LogP contribution in [0.2, 0.25) is 0 Å². The van der Waals surface area contributed by atoms with E-state index in [0.717, 1.165) is 11.1 Å². The van der Waals surface area contributed by atoms with Gasteiger partial charge in [-0.1, -0.05) is 30.3 Å². The summed E-state index contributed by atoms with van der Waals surface area (Å²) in [6.45, 7) is 0. The van der Waals surface area contributed by atoms with Crippen LogP contribution in [0, 0.1) is 0 Å². The fourth-order valence-corrected chi connectivity index (χ4v) is 1.68. The van der Waals surface area contributed by atoms with Crippen LogP contribution in [0.4, 0.5) is 5.69 Å². The highest BCUT2D eigenvalue weighted by atomic mass is 16.1. The molecule has 0 radical (unpaired) electrons. The van der Waals surface area contributed by atoms with Crippen LogP contribution < -0.4 is 10.9 Å². The van der Waals surface area contributed by atoms with Crippen molar-refractivity contribution in [3.63, 3.8) is 0 Å². The summed E-state index contributed by atoms with van der Waals surface area (Å²) in [7, 11) is 3.51. The zero-order valence-corrected chi connectivity index (χ0v) is 9.40. The Balaban J connectivity index is 2.60. The minimum atomic E-state index is -0.0119. The third kappa shape index (κ3) is 1.84. The molecule has 0 saturated carbocycles. The fraction of sp³-hybridized carbons (Fsp3) is 0.154. The smallest absolute Gasteiger partial charge is 0.273 e. The average molecular weight is 214 g/mol. The molecule has 0 spiro atoms. The molecule has 2 aromatic rings. The number of nitrogens with one attached hydrogen (secondary N) is 1. The van der Waals surface area contributed by atoms with Gasteiger partial charge >= 0.3 is 0 Å². The van der Waals surface area contributed by atoms with Gasteiger partial charge in [0.15, 0.2) is 0 Å². The largest absolute Gasteiger partial charge is 0.384 e. The van der Waals surface area contributed by atoms with E-state index < -0.39 is 0 Å². The molecule has 2 rings (SSSR count). The lowest BCUT2D eigenvalue weighted by Crippen LogP contribution is -2.19. The number of aryl methyl sites for hydroxylation is 1. The van der Waals surface area contributed by atoms with Crippen molar-refractivity contribution in [1.82, 2.24) is 4.57 Å². The Labute approximate surface area is 94.4 Å². The highest BCUT2D eigenvalue weighted by Gasteiger charge is 2.04. The van der Waals surface area contributed by atoms with Crippen molar-refractivity contribution in [2.75, 3.05) is 12.4 Å². The Kier molecular flexibility index (Phi) is 2.77. The quantitative estimate of drug-likeness (QED) is 0.830. The second-order valence-electron chi connectivity index (χ2n) is 3.67. The van der Waals surface area contributed by atoms with Gasteiger partial charge in [0.25, 0.3) is 5.56 Å². The Bertz CT molecular complexity index is 544. The van der Waals surface area contributed by atoms with Crippen LogP contribution in [0.3, 0.4) is 0 Å². The Hall–Kier alpha value is -2.03. The lowest BCUT2D eigenvalue weighted by molar-refractivity contribution is 0.864. The molecule has 0 unspecified atom stereocenters. The molecule has 0 aliphatic heterocycles. The number of hydrogen-bond acceptors (Lipinski definition) is 2. The van der Waals surface area contributed by atoms with Gasteiger partial charge in [-0.2, -0.15) is 0 Å². The molecule has 0 fully saturated rings. The van der Waals surface area contributed by atoms with E-state index >= 15 is 0 Å². The number of nitrogens with zero attached hydrogens (tertiary/aromatic N) is 1. The molecule has 1 aromatic heterocycles. The van der Waals surface area contributed by atoms with Crippen molar-refractivity contribution in [2.45, 2.75) is 0 Å². The maximum atomic E-state index is 11.7. The molecule has 3 heteroatoms. The summed E-state index contributed by atoms with van der Waals surface area (Å²) in [5, 5.41) is 2.91. The molecule has 1 heterocycles. The van der Waals surface area contributed by atoms with Gasteiger partial charge in [0.1, 0.15) is 5.69 Å². The number of aromatic nitrogens is 1. The highest BCUT2D eigenvalue weighted by Crippen LogP contribution is 2.19. The minimum Gasteiger partial charge on any atom is -0.384 e. The zero-order valence-electron chi connectivity index (χ0n) is 9.40. The summed E-state index contributed by atoms with van der Waals surface area (Å²) in [5.74, 6) is 0. The van der Waals surface area contributed by atoms with Crippen molar-refractivity contribution in [3.05, 3.63) is 52.9 Å². The van der Waals surface area contributed by atoms with E-state index in [1.165, 1.54) is 0 Å². The SMILES string of the molecule is CNc1cc(-c2ccccc2)cn(C)c1=O. The molecule has 3 nitrogen and oxygen atoms in total. The molecule has 0 bridgehead atoms. The van der Waals surface area contributed by atoms with Gasteiger partial charge in [-0.05, 0) is 11.6 Å². The summed E-state index contributed by atoms with van der Waals surface area (Å²) in [4.78, 5) is 11.7. The maximum absolute atomic E-state index is 11.7. The number of benzene rings is 1. The van der Waals surface area contributed by atoms with Crippen LogP contribution in [0.15, 0.2) is 47.4 Å². The van der Waals surface area contributed by atoms with Crippen molar-refractivity contribution in [3.8, 4) is 11.1 Å². The molecule has 0 amide bonds. The lowest BCUT2D eigenvalue weighted by atomic mass is 10.1. The van der Waals surface area contributed by atoms with E-state index in [2.05, 4.69) is 5.32 Å². The predicted octanol–water partition coefficient (Wildman–Crippen LogP) is 2.09. The summed E-state index contributed by atoms with van der Waals surface area (Å²) < 4.78 is 1.59. The third-order valence-corrected chi connectivity index (χ3v) is 2.56. The third-order valence-electron chi connectivity index (χ3n) is 2.56. The van der Waals surface area contributed by atoms with E-state index in [0.29, 0.717) is 5.69 Å². The highest BCUT2D eigenvalue weighted by molar-refractivity contribution is 5.66. The van der Waals surface area contributed by atoms with Gasteiger partial charge in [0, 0.05) is 25.9 Å². The molecular formula is C13H14N2O. The van der Waals surface area contributed by atoms with E-state index in [1.807, 2.05) is 42.6 Å². The fourth-order valence-electron chi connectivity index (χ4n) is 1.68. The summed E-state index contributed by atoms with van der Waals surface area (Å²) >= 11 is 0. The second kappa shape index (κ2) is 4.23. The van der Waals surface area contributed by atoms with Crippen molar-refractivity contribution >= 4 is 5.69 Å². The Morgan fingerprint density at radius 3 is 2.44 bits per heavy atom. The van der Waals surface area contributed by atoms with Crippen LogP contribution >= 0.6 is 0 Å². The first kappa shape index (κ1) is 10.5. The summed E-state index contributed by atoms with van der Waals surface area (Å²) in [6.07, 6.45) is 1.85. The molecule has 82 valence electrons. The van der Waals surface area contributed by atoms with Gasteiger partial charge in [0.2, 0.25) is 0 Å². The maximum Gasteiger partial charge on any atom is 0.273 e. The van der Waals surface area contributed by atoms with E-state index in [-0.39, 0.29) is 5.56 Å². The van der Waals surface area contributed by atoms with Crippen LogP contribution in [-0.2, 0) is 7.05 Å². The lowest BCUT2D eigenvalue weighted by Gasteiger charge is -2.07. The number of anilines is 1. The Morgan fingerprint density at radius 1 is 1.12 bits per heavy atom. The van der Waals surface area contributed by atoms with Gasteiger partial charge < -0.3 is 9.88 Å². The molecule has 0 atom stereocenters. The van der Waals surface area contributed by atoms with Gasteiger partial charge in [-0.15, -0.1) is 0 Å². The monoisotopic (exact) mass is 214 g/mol. The van der Waals surface area contributed by atoms with Crippen LogP contribution in [0.25, 0.3) is 11.1 Å². The first-order valence-corrected chi connectivity index (χ1v) is 5.16. The summed E-state index contributed by atoms with van der Waals surface area (Å²) in [6, 6.07) is 11.9. The van der Waals surface area contributed by atoms with Crippen LogP contribution in [-0.4, -0.2) is 11.6 Å². The molecule has 0 aliphatic rings. The van der Waals surface area contributed by atoms with E-state index in [4.69, 9.17) is 0 Å². The van der Waals surface area contributed by atoms with Gasteiger partial charge in [0.05, 0.1) is 0 Å². The predicted molar refractivity (Wildman–Crippen MR) is 66.7 cm³/mol. The van der Waals surface area contributed by atoms with E-state index in [1.54, 1.807) is 18.7 Å². The topological polar surface area (TPSA) is 34.0 Å². The number of pyridine rings is 1. The normalized spacial score (nSPS) is 10.1. The Morgan fingerprint density at radius 2 is 1.81 bits per heavy atom. The van der Waals surface area contributed by atoms with Crippen LogP contribution in [0.1, 0.15) is 0 Å². The standard InChI is InChI=1S/C13H14N2O/c1-14-12-8-11(9-15(2)13(12)16)10-6-4-3-5-7-10/h3-9,14H,1-2H3. The van der Waals surface area contributed by atoms with Crippen molar-refractivity contribution < 1.29 is 0 Å². The molecule has 1 aromatic carbocycles. The first-order chi connectivity index (χ1) is 7.72. The summed E-state index contributed by atoms with van der Waals surface area (Å²) in [5.41, 5.74) is 2.74. The molecule has 1 N–H and O–H groups in total. The zero-order chi connectivity index (χ0) is 11.5. The van der Waals surface area contributed by atoms with E-state index in [9.17, 15) is 4.79 Å². The average Bonchev–Trinajstić information content (AvgIpc) is 2.33. The molecule has 0 aliphatic carbocycles. The van der Waals surface area contributed by atoms with Gasteiger partial charge in [-0.25, -0.2) is 0 Å². The molecule has 0 saturated heterocycles.